The highest BCUT2D eigenvalue weighted by Gasteiger charge is 2.15. The Kier molecular flexibility index (Phi) is 4.15. The Morgan fingerprint density at radius 3 is 2.71 bits per heavy atom. The monoisotopic (exact) mass is 233 g/mol. The van der Waals surface area contributed by atoms with Gasteiger partial charge in [-0.05, 0) is 37.1 Å². The Hall–Kier alpha value is -1.35. The minimum absolute atomic E-state index is 0.381. The summed E-state index contributed by atoms with van der Waals surface area (Å²) in [7, 11) is 1.67. The molecule has 0 unspecified atom stereocenters. The SMILES string of the molecule is COc1ccc(CCN2CCCC(=O)C2)cc1. The van der Waals surface area contributed by atoms with Gasteiger partial charge in [0.2, 0.25) is 0 Å². The lowest BCUT2D eigenvalue weighted by atomic mass is 10.1. The fourth-order valence-electron chi connectivity index (χ4n) is 2.18. The molecule has 3 nitrogen and oxygen atoms in total. The first kappa shape index (κ1) is 12.1. The third-order valence-electron chi connectivity index (χ3n) is 3.21. The highest BCUT2D eigenvalue weighted by Crippen LogP contribution is 2.13. The highest BCUT2D eigenvalue weighted by atomic mass is 16.5. The van der Waals surface area contributed by atoms with Crippen LogP contribution in [0.25, 0.3) is 0 Å². The van der Waals surface area contributed by atoms with Gasteiger partial charge in [-0.1, -0.05) is 12.1 Å². The van der Waals surface area contributed by atoms with E-state index >= 15 is 0 Å². The molecular formula is C14H19NO2. The van der Waals surface area contributed by atoms with Crippen LogP contribution in [0.1, 0.15) is 18.4 Å². The number of rotatable bonds is 4. The second-order valence-corrected chi connectivity index (χ2v) is 4.52. The van der Waals surface area contributed by atoms with Gasteiger partial charge in [-0.15, -0.1) is 0 Å². The lowest BCUT2D eigenvalue weighted by Crippen LogP contribution is -2.36. The summed E-state index contributed by atoms with van der Waals surface area (Å²) >= 11 is 0. The number of Topliss-reactive ketones (excluding diaryl/α,β-unsaturated/α-hetero) is 1. The van der Waals surface area contributed by atoms with E-state index in [0.29, 0.717) is 12.3 Å². The molecule has 0 saturated carbocycles. The summed E-state index contributed by atoms with van der Waals surface area (Å²) in [5, 5.41) is 0. The molecular weight excluding hydrogens is 214 g/mol. The van der Waals surface area contributed by atoms with Crippen molar-refractivity contribution in [3.8, 4) is 5.75 Å². The van der Waals surface area contributed by atoms with Gasteiger partial charge in [0, 0.05) is 13.0 Å². The number of likely N-dealkylation sites (tertiary alicyclic amines) is 1. The van der Waals surface area contributed by atoms with Crippen LogP contribution in [0.3, 0.4) is 0 Å². The molecule has 0 N–H and O–H groups in total. The van der Waals surface area contributed by atoms with Crippen molar-refractivity contribution in [3.05, 3.63) is 29.8 Å². The minimum Gasteiger partial charge on any atom is -0.497 e. The van der Waals surface area contributed by atoms with Crippen molar-refractivity contribution in [2.45, 2.75) is 19.3 Å². The van der Waals surface area contributed by atoms with Crippen LogP contribution in [0, 0.1) is 0 Å². The van der Waals surface area contributed by atoms with Crippen LogP contribution < -0.4 is 4.74 Å². The van der Waals surface area contributed by atoms with Gasteiger partial charge in [0.25, 0.3) is 0 Å². The van der Waals surface area contributed by atoms with Gasteiger partial charge in [-0.25, -0.2) is 0 Å². The zero-order chi connectivity index (χ0) is 12.1. The van der Waals surface area contributed by atoms with Crippen LogP contribution in [0.4, 0.5) is 0 Å². The summed E-state index contributed by atoms with van der Waals surface area (Å²) < 4.78 is 5.12. The Bertz CT molecular complexity index is 372. The fraction of sp³-hybridized carbons (Fsp3) is 0.500. The quantitative estimate of drug-likeness (QED) is 0.795. The van der Waals surface area contributed by atoms with Crippen LogP contribution in [-0.2, 0) is 11.2 Å². The Labute approximate surface area is 102 Å². The third-order valence-corrected chi connectivity index (χ3v) is 3.21. The van der Waals surface area contributed by atoms with Crippen molar-refractivity contribution in [3.63, 3.8) is 0 Å². The van der Waals surface area contributed by atoms with Crippen molar-refractivity contribution in [2.24, 2.45) is 0 Å². The first-order valence-corrected chi connectivity index (χ1v) is 6.15. The molecule has 92 valence electrons. The summed E-state index contributed by atoms with van der Waals surface area (Å²) in [5.74, 6) is 1.27. The molecule has 0 bridgehead atoms. The van der Waals surface area contributed by atoms with E-state index < -0.39 is 0 Å². The van der Waals surface area contributed by atoms with Crippen LogP contribution in [0.15, 0.2) is 24.3 Å². The smallest absolute Gasteiger partial charge is 0.146 e. The molecule has 1 aliphatic rings. The number of hydrogen-bond donors (Lipinski definition) is 0. The van der Waals surface area contributed by atoms with Crippen molar-refractivity contribution >= 4 is 5.78 Å². The van der Waals surface area contributed by atoms with Gasteiger partial charge < -0.3 is 4.74 Å². The van der Waals surface area contributed by atoms with Crippen LogP contribution in [0.2, 0.25) is 0 Å². The first-order valence-electron chi connectivity index (χ1n) is 6.15. The van der Waals surface area contributed by atoms with E-state index in [1.165, 1.54) is 5.56 Å². The van der Waals surface area contributed by atoms with Crippen molar-refractivity contribution < 1.29 is 9.53 Å². The van der Waals surface area contributed by atoms with E-state index in [-0.39, 0.29) is 0 Å². The predicted octanol–water partition coefficient (Wildman–Crippen LogP) is 1.90. The fourth-order valence-corrected chi connectivity index (χ4v) is 2.18. The average Bonchev–Trinajstić information content (AvgIpc) is 2.37. The molecule has 0 aliphatic carbocycles. The summed E-state index contributed by atoms with van der Waals surface area (Å²) in [4.78, 5) is 13.6. The molecule has 1 aliphatic heterocycles. The number of ether oxygens (including phenoxy) is 1. The van der Waals surface area contributed by atoms with Gasteiger partial charge in [0.05, 0.1) is 13.7 Å². The molecule has 1 heterocycles. The lowest BCUT2D eigenvalue weighted by Gasteiger charge is -2.25. The van der Waals surface area contributed by atoms with E-state index in [1.807, 2.05) is 12.1 Å². The maximum Gasteiger partial charge on any atom is 0.146 e. The molecule has 0 radical (unpaired) electrons. The van der Waals surface area contributed by atoms with E-state index in [1.54, 1.807) is 7.11 Å². The molecule has 1 saturated heterocycles. The Morgan fingerprint density at radius 2 is 2.06 bits per heavy atom. The molecule has 1 fully saturated rings. The van der Waals surface area contributed by atoms with Gasteiger partial charge in [-0.3, -0.25) is 9.69 Å². The van der Waals surface area contributed by atoms with Crippen molar-refractivity contribution in [1.82, 2.24) is 4.90 Å². The normalized spacial score (nSPS) is 17.1. The minimum atomic E-state index is 0.381. The second-order valence-electron chi connectivity index (χ2n) is 4.52. The summed E-state index contributed by atoms with van der Waals surface area (Å²) in [6.45, 7) is 2.66. The van der Waals surface area contributed by atoms with Crippen LogP contribution in [0.5, 0.6) is 5.75 Å². The Morgan fingerprint density at radius 1 is 1.29 bits per heavy atom. The lowest BCUT2D eigenvalue weighted by molar-refractivity contribution is -0.122. The molecule has 0 aromatic heterocycles. The number of nitrogens with zero attached hydrogens (tertiary/aromatic N) is 1. The number of ketones is 1. The number of carbonyl (C=O) groups excluding carboxylic acids is 1. The first-order chi connectivity index (χ1) is 8.28. The molecule has 1 aromatic rings. The van der Waals surface area contributed by atoms with Crippen molar-refractivity contribution in [1.29, 1.82) is 0 Å². The molecule has 2 rings (SSSR count). The van der Waals surface area contributed by atoms with E-state index in [0.717, 1.165) is 38.1 Å². The van der Waals surface area contributed by atoms with Crippen LogP contribution in [-0.4, -0.2) is 37.4 Å². The summed E-state index contributed by atoms with van der Waals surface area (Å²) in [6.07, 6.45) is 2.78. The molecule has 17 heavy (non-hydrogen) atoms. The van der Waals surface area contributed by atoms with Gasteiger partial charge in [0.15, 0.2) is 0 Å². The number of benzene rings is 1. The standard InChI is InChI=1S/C14H19NO2/c1-17-14-6-4-12(5-7-14)8-10-15-9-2-3-13(16)11-15/h4-7H,2-3,8-11H2,1H3. The number of hydrogen-bond acceptors (Lipinski definition) is 3. The highest BCUT2D eigenvalue weighted by molar-refractivity contribution is 5.81. The maximum atomic E-state index is 11.3. The number of carbonyl (C=O) groups is 1. The van der Waals surface area contributed by atoms with Crippen molar-refractivity contribution in [2.75, 3.05) is 26.7 Å². The molecule has 0 atom stereocenters. The number of methoxy groups -OCH3 is 1. The molecule has 1 aromatic carbocycles. The summed E-state index contributed by atoms with van der Waals surface area (Å²) in [6, 6.07) is 8.14. The van der Waals surface area contributed by atoms with Gasteiger partial charge in [0.1, 0.15) is 11.5 Å². The number of piperidine rings is 1. The topological polar surface area (TPSA) is 29.5 Å². The van der Waals surface area contributed by atoms with Gasteiger partial charge in [-0.2, -0.15) is 0 Å². The third kappa shape index (κ3) is 3.56. The Balaban J connectivity index is 1.82. The second kappa shape index (κ2) is 5.82. The molecule has 3 heteroatoms. The van der Waals surface area contributed by atoms with E-state index in [9.17, 15) is 4.79 Å². The largest absolute Gasteiger partial charge is 0.497 e. The maximum absolute atomic E-state index is 11.3. The predicted molar refractivity (Wildman–Crippen MR) is 67.4 cm³/mol. The van der Waals surface area contributed by atoms with Gasteiger partial charge >= 0.3 is 0 Å². The van der Waals surface area contributed by atoms with E-state index in [2.05, 4.69) is 17.0 Å². The molecule has 0 spiro atoms. The van der Waals surface area contributed by atoms with Crippen LogP contribution >= 0.6 is 0 Å². The molecule has 0 amide bonds. The zero-order valence-electron chi connectivity index (χ0n) is 10.3. The summed E-state index contributed by atoms with van der Waals surface area (Å²) in [5.41, 5.74) is 1.30. The average molecular weight is 233 g/mol. The zero-order valence-corrected chi connectivity index (χ0v) is 10.3. The van der Waals surface area contributed by atoms with E-state index in [4.69, 9.17) is 4.74 Å².